The van der Waals surface area contributed by atoms with Crippen LogP contribution in [0.4, 0.5) is 0 Å². The zero-order chi connectivity index (χ0) is 14.1. The van der Waals surface area contributed by atoms with E-state index >= 15 is 0 Å². The third kappa shape index (κ3) is 6.21. The summed E-state index contributed by atoms with van der Waals surface area (Å²) in [6.45, 7) is 13.0. The molecular formula is C15H32N2O2. The lowest BCUT2D eigenvalue weighted by molar-refractivity contribution is 0.0185. The van der Waals surface area contributed by atoms with Crippen molar-refractivity contribution in [3.8, 4) is 0 Å². The second kappa shape index (κ2) is 9.70. The second-order valence-corrected chi connectivity index (χ2v) is 5.51. The van der Waals surface area contributed by atoms with E-state index in [1.165, 1.54) is 6.42 Å². The first kappa shape index (κ1) is 16.9. The lowest BCUT2D eigenvalue weighted by atomic mass is 10.2. The number of hydrogen-bond donors (Lipinski definition) is 1. The average molecular weight is 272 g/mol. The first-order valence-electron chi connectivity index (χ1n) is 7.93. The topological polar surface area (TPSA) is 35.9 Å². The van der Waals surface area contributed by atoms with E-state index in [2.05, 4.69) is 30.6 Å². The summed E-state index contributed by atoms with van der Waals surface area (Å²) in [6, 6.07) is 0.670. The Hall–Kier alpha value is -0.160. The Morgan fingerprint density at radius 2 is 2.05 bits per heavy atom. The van der Waals surface area contributed by atoms with Crippen LogP contribution in [0, 0.1) is 0 Å². The van der Waals surface area contributed by atoms with Gasteiger partial charge in [0.25, 0.3) is 0 Å². The lowest BCUT2D eigenvalue weighted by Crippen LogP contribution is -2.39. The summed E-state index contributed by atoms with van der Waals surface area (Å²) in [4.78, 5) is 4.89. The van der Waals surface area contributed by atoms with E-state index in [0.29, 0.717) is 12.6 Å². The van der Waals surface area contributed by atoms with Crippen LogP contribution in [-0.4, -0.2) is 73.0 Å². The molecule has 2 unspecified atom stereocenters. The van der Waals surface area contributed by atoms with Crippen molar-refractivity contribution in [3.05, 3.63) is 0 Å². The van der Waals surface area contributed by atoms with Gasteiger partial charge >= 0.3 is 0 Å². The van der Waals surface area contributed by atoms with Crippen molar-refractivity contribution in [3.63, 3.8) is 0 Å². The number of unbranched alkanes of at least 4 members (excludes halogenated alkanes) is 1. The monoisotopic (exact) mass is 272 g/mol. The maximum atomic E-state index is 9.97. The van der Waals surface area contributed by atoms with Crippen molar-refractivity contribution < 1.29 is 9.84 Å². The van der Waals surface area contributed by atoms with E-state index in [0.717, 1.165) is 52.2 Å². The van der Waals surface area contributed by atoms with Gasteiger partial charge in [-0.05, 0) is 32.5 Å². The molecule has 0 aromatic heterocycles. The molecule has 4 heteroatoms. The summed E-state index contributed by atoms with van der Waals surface area (Å²) in [5, 5.41) is 9.97. The Kier molecular flexibility index (Phi) is 8.62. The average Bonchev–Trinajstić information content (AvgIpc) is 2.84. The predicted octanol–water partition coefficient (Wildman–Crippen LogP) is 1.58. The number of aliphatic hydroxyl groups excluding tert-OH is 1. The number of rotatable bonds is 10. The van der Waals surface area contributed by atoms with Gasteiger partial charge in [0.2, 0.25) is 0 Å². The second-order valence-electron chi connectivity index (χ2n) is 5.51. The highest BCUT2D eigenvalue weighted by atomic mass is 16.5. The van der Waals surface area contributed by atoms with Crippen molar-refractivity contribution in [2.75, 3.05) is 45.9 Å². The van der Waals surface area contributed by atoms with Gasteiger partial charge in [0, 0.05) is 25.7 Å². The summed E-state index contributed by atoms with van der Waals surface area (Å²) in [6.07, 6.45) is 3.12. The lowest BCUT2D eigenvalue weighted by Gasteiger charge is -2.26. The normalized spacial score (nSPS) is 22.3. The molecule has 1 N–H and O–H groups in total. The number of likely N-dealkylation sites (tertiary alicyclic amines) is 1. The third-order valence-corrected chi connectivity index (χ3v) is 4.00. The molecule has 0 radical (unpaired) electrons. The molecule has 1 fully saturated rings. The van der Waals surface area contributed by atoms with Crippen LogP contribution in [0.15, 0.2) is 0 Å². The molecule has 0 aromatic carbocycles. The first-order valence-corrected chi connectivity index (χ1v) is 7.93. The summed E-state index contributed by atoms with van der Waals surface area (Å²) < 4.78 is 5.48. The van der Waals surface area contributed by atoms with Crippen LogP contribution in [0.1, 0.15) is 40.0 Å². The number of ether oxygens (including phenoxy) is 1. The standard InChI is InChI=1S/C15H32N2O2/c1-4-7-10-19-13-15(18)12-16-9-8-14(11-16)17(5-2)6-3/h14-15,18H,4-13H2,1-3H3. The molecule has 0 aromatic rings. The Balaban J connectivity index is 2.16. The van der Waals surface area contributed by atoms with Crippen LogP contribution in [0.2, 0.25) is 0 Å². The smallest absolute Gasteiger partial charge is 0.0900 e. The highest BCUT2D eigenvalue weighted by Gasteiger charge is 2.27. The molecule has 1 aliphatic heterocycles. The van der Waals surface area contributed by atoms with Crippen LogP contribution in [0.5, 0.6) is 0 Å². The number of aliphatic hydroxyl groups is 1. The molecule has 2 atom stereocenters. The van der Waals surface area contributed by atoms with Gasteiger partial charge in [-0.1, -0.05) is 27.2 Å². The van der Waals surface area contributed by atoms with Crippen molar-refractivity contribution in [2.45, 2.75) is 52.2 Å². The minimum atomic E-state index is -0.340. The highest BCUT2D eigenvalue weighted by molar-refractivity contribution is 4.83. The van der Waals surface area contributed by atoms with E-state index in [4.69, 9.17) is 4.74 Å². The summed E-state index contributed by atoms with van der Waals surface area (Å²) >= 11 is 0. The van der Waals surface area contributed by atoms with Gasteiger partial charge in [-0.2, -0.15) is 0 Å². The van der Waals surface area contributed by atoms with Crippen LogP contribution in [-0.2, 0) is 4.74 Å². The van der Waals surface area contributed by atoms with Gasteiger partial charge < -0.3 is 9.84 Å². The zero-order valence-corrected chi connectivity index (χ0v) is 13.0. The first-order chi connectivity index (χ1) is 9.21. The van der Waals surface area contributed by atoms with E-state index in [-0.39, 0.29) is 6.10 Å². The molecule has 0 bridgehead atoms. The number of hydrogen-bond acceptors (Lipinski definition) is 4. The molecule has 1 rings (SSSR count). The highest BCUT2D eigenvalue weighted by Crippen LogP contribution is 2.15. The van der Waals surface area contributed by atoms with E-state index in [1.54, 1.807) is 0 Å². The van der Waals surface area contributed by atoms with Crippen molar-refractivity contribution in [2.24, 2.45) is 0 Å². The minimum absolute atomic E-state index is 0.340. The number of likely N-dealkylation sites (N-methyl/N-ethyl adjacent to an activating group) is 1. The molecule has 114 valence electrons. The van der Waals surface area contributed by atoms with Crippen molar-refractivity contribution in [1.82, 2.24) is 9.80 Å². The molecule has 1 aliphatic rings. The van der Waals surface area contributed by atoms with E-state index in [9.17, 15) is 5.11 Å². The molecule has 0 aliphatic carbocycles. The molecule has 1 saturated heterocycles. The molecule has 4 nitrogen and oxygen atoms in total. The fraction of sp³-hybridized carbons (Fsp3) is 1.00. The SMILES string of the molecule is CCCCOCC(O)CN1CCC(N(CC)CC)C1. The molecule has 0 spiro atoms. The van der Waals surface area contributed by atoms with Crippen LogP contribution >= 0.6 is 0 Å². The van der Waals surface area contributed by atoms with Gasteiger partial charge in [0.15, 0.2) is 0 Å². The van der Waals surface area contributed by atoms with Crippen molar-refractivity contribution in [1.29, 1.82) is 0 Å². The van der Waals surface area contributed by atoms with Gasteiger partial charge in [-0.3, -0.25) is 9.80 Å². The summed E-state index contributed by atoms with van der Waals surface area (Å²) in [5.74, 6) is 0. The Morgan fingerprint density at radius 1 is 1.32 bits per heavy atom. The number of nitrogens with zero attached hydrogens (tertiary/aromatic N) is 2. The quantitative estimate of drug-likeness (QED) is 0.613. The van der Waals surface area contributed by atoms with E-state index < -0.39 is 0 Å². The fourth-order valence-corrected chi connectivity index (χ4v) is 2.83. The third-order valence-electron chi connectivity index (χ3n) is 4.00. The van der Waals surface area contributed by atoms with Crippen molar-refractivity contribution >= 4 is 0 Å². The molecule has 1 heterocycles. The number of β-amino-alcohol motifs (C(OH)–C–C–N with tert-alkyl or cyclic N) is 1. The Labute approximate surface area is 118 Å². The summed E-state index contributed by atoms with van der Waals surface area (Å²) in [5.41, 5.74) is 0. The van der Waals surface area contributed by atoms with Gasteiger partial charge in [-0.25, -0.2) is 0 Å². The largest absolute Gasteiger partial charge is 0.389 e. The van der Waals surface area contributed by atoms with Gasteiger partial charge in [-0.15, -0.1) is 0 Å². The minimum Gasteiger partial charge on any atom is -0.389 e. The zero-order valence-electron chi connectivity index (χ0n) is 13.0. The molecule has 0 saturated carbocycles. The fourth-order valence-electron chi connectivity index (χ4n) is 2.83. The molecule has 19 heavy (non-hydrogen) atoms. The van der Waals surface area contributed by atoms with Crippen LogP contribution in [0.25, 0.3) is 0 Å². The summed E-state index contributed by atoms with van der Waals surface area (Å²) in [7, 11) is 0. The maximum Gasteiger partial charge on any atom is 0.0900 e. The van der Waals surface area contributed by atoms with Gasteiger partial charge in [0.05, 0.1) is 12.7 Å². The van der Waals surface area contributed by atoms with Crippen LogP contribution < -0.4 is 0 Å². The Morgan fingerprint density at radius 3 is 2.68 bits per heavy atom. The maximum absolute atomic E-state index is 9.97. The van der Waals surface area contributed by atoms with Crippen LogP contribution in [0.3, 0.4) is 0 Å². The van der Waals surface area contributed by atoms with Gasteiger partial charge in [0.1, 0.15) is 0 Å². The molecular weight excluding hydrogens is 240 g/mol. The van der Waals surface area contributed by atoms with E-state index in [1.807, 2.05) is 0 Å². The predicted molar refractivity (Wildman–Crippen MR) is 79.5 cm³/mol. The Bertz CT molecular complexity index is 222. The molecule has 0 amide bonds.